The van der Waals surface area contributed by atoms with Crippen molar-refractivity contribution >= 4 is 0 Å². The van der Waals surface area contributed by atoms with Gasteiger partial charge in [-0.1, -0.05) is 26.0 Å². The standard InChI is InChI=1S/C13H20O/c1-5-10(3)12-7-8-13(14-6-2)11(4)9-12/h7-10H,5-6H2,1-4H3. The van der Waals surface area contributed by atoms with E-state index in [1.165, 1.54) is 17.5 Å². The molecule has 0 saturated carbocycles. The summed E-state index contributed by atoms with van der Waals surface area (Å²) in [5, 5.41) is 0. The molecule has 0 fully saturated rings. The van der Waals surface area contributed by atoms with Crippen molar-refractivity contribution in [3.8, 4) is 5.75 Å². The molecule has 1 heteroatoms. The molecule has 14 heavy (non-hydrogen) atoms. The van der Waals surface area contributed by atoms with E-state index in [4.69, 9.17) is 4.74 Å². The topological polar surface area (TPSA) is 9.23 Å². The van der Waals surface area contributed by atoms with E-state index in [1.54, 1.807) is 0 Å². The summed E-state index contributed by atoms with van der Waals surface area (Å²) in [6, 6.07) is 6.49. The second-order valence-corrected chi connectivity index (χ2v) is 3.77. The van der Waals surface area contributed by atoms with E-state index in [0.29, 0.717) is 5.92 Å². The zero-order chi connectivity index (χ0) is 10.6. The van der Waals surface area contributed by atoms with Crippen LogP contribution in [0.15, 0.2) is 18.2 Å². The van der Waals surface area contributed by atoms with Crippen LogP contribution < -0.4 is 4.74 Å². The molecular formula is C13H20O. The third-order valence-electron chi connectivity index (χ3n) is 2.68. The SMILES string of the molecule is CCOc1ccc(C(C)CC)cc1C. The Hall–Kier alpha value is -0.980. The minimum atomic E-state index is 0.643. The highest BCUT2D eigenvalue weighted by Gasteiger charge is 2.05. The van der Waals surface area contributed by atoms with E-state index in [9.17, 15) is 0 Å². The third-order valence-corrected chi connectivity index (χ3v) is 2.68. The minimum Gasteiger partial charge on any atom is -0.494 e. The van der Waals surface area contributed by atoms with Gasteiger partial charge in [0.25, 0.3) is 0 Å². The molecular weight excluding hydrogens is 172 g/mol. The Morgan fingerprint density at radius 1 is 1.29 bits per heavy atom. The highest BCUT2D eigenvalue weighted by molar-refractivity contribution is 5.37. The van der Waals surface area contributed by atoms with Crippen LogP contribution in [0.1, 0.15) is 44.2 Å². The minimum absolute atomic E-state index is 0.643. The number of rotatable bonds is 4. The third kappa shape index (κ3) is 2.50. The monoisotopic (exact) mass is 192 g/mol. The van der Waals surface area contributed by atoms with Crippen molar-refractivity contribution < 1.29 is 4.74 Å². The Balaban J connectivity index is 2.88. The van der Waals surface area contributed by atoms with Crippen LogP contribution in [0.25, 0.3) is 0 Å². The summed E-state index contributed by atoms with van der Waals surface area (Å²) in [5.74, 6) is 1.66. The van der Waals surface area contributed by atoms with Crippen LogP contribution in [-0.4, -0.2) is 6.61 Å². The lowest BCUT2D eigenvalue weighted by Crippen LogP contribution is -1.97. The zero-order valence-corrected chi connectivity index (χ0v) is 9.63. The molecule has 1 unspecified atom stereocenters. The Morgan fingerprint density at radius 3 is 2.50 bits per heavy atom. The molecule has 0 aliphatic carbocycles. The fourth-order valence-corrected chi connectivity index (χ4v) is 1.53. The normalized spacial score (nSPS) is 12.6. The quantitative estimate of drug-likeness (QED) is 0.703. The molecule has 0 radical (unpaired) electrons. The Kier molecular flexibility index (Phi) is 3.99. The van der Waals surface area contributed by atoms with E-state index in [2.05, 4.69) is 39.0 Å². The molecule has 0 N–H and O–H groups in total. The highest BCUT2D eigenvalue weighted by atomic mass is 16.5. The van der Waals surface area contributed by atoms with Crippen LogP contribution in [0.2, 0.25) is 0 Å². The number of aryl methyl sites for hydroxylation is 1. The average Bonchev–Trinajstić information content (AvgIpc) is 2.20. The van der Waals surface area contributed by atoms with Gasteiger partial charge < -0.3 is 4.74 Å². The molecule has 1 nitrogen and oxygen atoms in total. The summed E-state index contributed by atoms with van der Waals surface area (Å²) in [6.07, 6.45) is 1.19. The van der Waals surface area contributed by atoms with Crippen LogP contribution in [0.4, 0.5) is 0 Å². The van der Waals surface area contributed by atoms with Crippen LogP contribution in [0.5, 0.6) is 5.75 Å². The molecule has 0 spiro atoms. The number of benzene rings is 1. The summed E-state index contributed by atoms with van der Waals surface area (Å²) in [5.41, 5.74) is 2.65. The average molecular weight is 192 g/mol. The summed E-state index contributed by atoms with van der Waals surface area (Å²) in [6.45, 7) is 9.34. The van der Waals surface area contributed by atoms with Gasteiger partial charge in [-0.15, -0.1) is 0 Å². The predicted molar refractivity (Wildman–Crippen MR) is 61.1 cm³/mol. The van der Waals surface area contributed by atoms with Crippen LogP contribution in [0, 0.1) is 6.92 Å². The van der Waals surface area contributed by atoms with Crippen LogP contribution >= 0.6 is 0 Å². The van der Waals surface area contributed by atoms with Gasteiger partial charge in [-0.05, 0) is 43.4 Å². The maximum atomic E-state index is 5.51. The van der Waals surface area contributed by atoms with Crippen molar-refractivity contribution in [2.75, 3.05) is 6.61 Å². The lowest BCUT2D eigenvalue weighted by molar-refractivity contribution is 0.337. The summed E-state index contributed by atoms with van der Waals surface area (Å²) < 4.78 is 5.51. The van der Waals surface area contributed by atoms with Crippen molar-refractivity contribution in [1.29, 1.82) is 0 Å². The van der Waals surface area contributed by atoms with E-state index in [1.807, 2.05) is 6.92 Å². The second kappa shape index (κ2) is 5.04. The van der Waals surface area contributed by atoms with Gasteiger partial charge in [0.15, 0.2) is 0 Å². The number of hydrogen-bond acceptors (Lipinski definition) is 1. The first-order chi connectivity index (χ1) is 6.69. The van der Waals surface area contributed by atoms with Gasteiger partial charge in [-0.25, -0.2) is 0 Å². The van der Waals surface area contributed by atoms with Crippen molar-refractivity contribution in [2.45, 2.75) is 40.0 Å². The van der Waals surface area contributed by atoms with E-state index < -0.39 is 0 Å². The zero-order valence-electron chi connectivity index (χ0n) is 9.63. The predicted octanol–water partition coefficient (Wildman–Crippen LogP) is 3.91. The van der Waals surface area contributed by atoms with Gasteiger partial charge in [0.1, 0.15) is 5.75 Å². The molecule has 0 aromatic heterocycles. The highest BCUT2D eigenvalue weighted by Crippen LogP contribution is 2.25. The van der Waals surface area contributed by atoms with Crippen LogP contribution in [0.3, 0.4) is 0 Å². The first-order valence-electron chi connectivity index (χ1n) is 5.42. The van der Waals surface area contributed by atoms with Crippen molar-refractivity contribution in [3.05, 3.63) is 29.3 Å². The van der Waals surface area contributed by atoms with Gasteiger partial charge in [-0.3, -0.25) is 0 Å². The van der Waals surface area contributed by atoms with Gasteiger partial charge in [0.2, 0.25) is 0 Å². The largest absolute Gasteiger partial charge is 0.494 e. The first-order valence-corrected chi connectivity index (χ1v) is 5.42. The fourth-order valence-electron chi connectivity index (χ4n) is 1.53. The molecule has 0 aliphatic rings. The molecule has 1 atom stereocenters. The fraction of sp³-hybridized carbons (Fsp3) is 0.538. The number of ether oxygens (including phenoxy) is 1. The Morgan fingerprint density at radius 2 is 2.00 bits per heavy atom. The lowest BCUT2D eigenvalue weighted by atomic mass is 9.97. The molecule has 78 valence electrons. The Bertz CT molecular complexity index is 291. The maximum absolute atomic E-state index is 5.51. The van der Waals surface area contributed by atoms with Crippen LogP contribution in [-0.2, 0) is 0 Å². The maximum Gasteiger partial charge on any atom is 0.122 e. The van der Waals surface area contributed by atoms with E-state index >= 15 is 0 Å². The number of hydrogen-bond donors (Lipinski definition) is 0. The van der Waals surface area contributed by atoms with Crippen molar-refractivity contribution in [2.24, 2.45) is 0 Å². The van der Waals surface area contributed by atoms with Gasteiger partial charge >= 0.3 is 0 Å². The molecule has 1 aromatic rings. The summed E-state index contributed by atoms with van der Waals surface area (Å²) >= 11 is 0. The van der Waals surface area contributed by atoms with Gasteiger partial charge in [0.05, 0.1) is 6.61 Å². The molecule has 0 amide bonds. The Labute approximate surface area is 87.1 Å². The molecule has 1 rings (SSSR count). The van der Waals surface area contributed by atoms with E-state index in [0.717, 1.165) is 12.4 Å². The smallest absolute Gasteiger partial charge is 0.122 e. The van der Waals surface area contributed by atoms with E-state index in [-0.39, 0.29) is 0 Å². The van der Waals surface area contributed by atoms with Gasteiger partial charge in [-0.2, -0.15) is 0 Å². The van der Waals surface area contributed by atoms with Crippen molar-refractivity contribution in [1.82, 2.24) is 0 Å². The van der Waals surface area contributed by atoms with Gasteiger partial charge in [0, 0.05) is 0 Å². The lowest BCUT2D eigenvalue weighted by Gasteiger charge is -2.12. The summed E-state index contributed by atoms with van der Waals surface area (Å²) in [4.78, 5) is 0. The molecule has 0 heterocycles. The molecule has 0 bridgehead atoms. The summed E-state index contributed by atoms with van der Waals surface area (Å²) in [7, 11) is 0. The molecule has 0 saturated heterocycles. The second-order valence-electron chi connectivity index (χ2n) is 3.77. The van der Waals surface area contributed by atoms with Crippen molar-refractivity contribution in [3.63, 3.8) is 0 Å². The molecule has 0 aliphatic heterocycles. The first kappa shape index (κ1) is 11.1. The molecule has 1 aromatic carbocycles.